The number of rotatable bonds is 4. The van der Waals surface area contributed by atoms with Crippen LogP contribution >= 0.6 is 11.6 Å². The number of morpholine rings is 1. The molecule has 1 amide bonds. The van der Waals surface area contributed by atoms with Crippen molar-refractivity contribution >= 4 is 40.4 Å². The van der Waals surface area contributed by atoms with Crippen LogP contribution in [0.3, 0.4) is 0 Å². The first-order valence-corrected chi connectivity index (χ1v) is 9.02. The number of ether oxygens (including phenoxy) is 1. The lowest BCUT2D eigenvalue weighted by Gasteiger charge is -2.28. The first-order valence-electron chi connectivity index (χ1n) is 8.64. The largest absolute Gasteiger partial charge is 0.451 e. The lowest BCUT2D eigenvalue weighted by Crippen LogP contribution is -2.36. The molecule has 27 heavy (non-hydrogen) atoms. The maximum atomic E-state index is 12.2. The first kappa shape index (κ1) is 17.6. The van der Waals surface area contributed by atoms with Crippen molar-refractivity contribution in [3.63, 3.8) is 0 Å². The third-order valence-electron chi connectivity index (χ3n) is 4.35. The fourth-order valence-corrected chi connectivity index (χ4v) is 3.12. The number of fused-ring (bicyclic) bond motifs is 1. The Morgan fingerprint density at radius 3 is 2.67 bits per heavy atom. The fraction of sp³-hybridized carbons (Fsp3) is 0.200. The zero-order chi connectivity index (χ0) is 18.6. The predicted molar refractivity (Wildman–Crippen MR) is 106 cm³/mol. The van der Waals surface area contributed by atoms with Gasteiger partial charge < -0.3 is 14.1 Å². The summed E-state index contributed by atoms with van der Waals surface area (Å²) in [6.45, 7) is 3.30. The molecule has 1 fully saturated rings. The third-order valence-corrected chi connectivity index (χ3v) is 4.59. The van der Waals surface area contributed by atoms with Gasteiger partial charge in [0.25, 0.3) is 0 Å². The molecule has 1 aromatic heterocycles. The molecule has 1 aliphatic rings. The van der Waals surface area contributed by atoms with Crippen molar-refractivity contribution in [1.29, 1.82) is 0 Å². The molecule has 0 aliphatic carbocycles. The topological polar surface area (TPSA) is 67.1 Å². The predicted octanol–water partition coefficient (Wildman–Crippen LogP) is 3.69. The van der Waals surface area contributed by atoms with Gasteiger partial charge in [0.1, 0.15) is 5.58 Å². The van der Waals surface area contributed by atoms with Gasteiger partial charge in [0.15, 0.2) is 5.76 Å². The molecule has 7 heteroatoms. The van der Waals surface area contributed by atoms with Gasteiger partial charge >= 0.3 is 5.91 Å². The number of furan rings is 1. The molecular formula is C20H18ClN3O3. The van der Waals surface area contributed by atoms with Crippen molar-refractivity contribution in [2.24, 2.45) is 5.10 Å². The number of nitrogens with zero attached hydrogens (tertiary/aromatic N) is 2. The van der Waals surface area contributed by atoms with Crippen molar-refractivity contribution in [1.82, 2.24) is 5.43 Å². The van der Waals surface area contributed by atoms with Gasteiger partial charge in [-0.3, -0.25) is 4.79 Å². The Bertz CT molecular complexity index is 976. The minimum Gasteiger partial charge on any atom is -0.451 e. The smallest absolute Gasteiger partial charge is 0.307 e. The first-order chi connectivity index (χ1) is 13.2. The average Bonchev–Trinajstić information content (AvgIpc) is 3.12. The summed E-state index contributed by atoms with van der Waals surface area (Å²) in [5.74, 6) is -0.226. The van der Waals surface area contributed by atoms with E-state index in [1.807, 2.05) is 24.3 Å². The summed E-state index contributed by atoms with van der Waals surface area (Å²) in [7, 11) is 0. The Morgan fingerprint density at radius 2 is 1.89 bits per heavy atom. The lowest BCUT2D eigenvalue weighted by molar-refractivity contribution is 0.0929. The van der Waals surface area contributed by atoms with E-state index in [2.05, 4.69) is 15.4 Å². The maximum absolute atomic E-state index is 12.2. The summed E-state index contributed by atoms with van der Waals surface area (Å²) < 4.78 is 10.9. The zero-order valence-electron chi connectivity index (χ0n) is 14.5. The summed E-state index contributed by atoms with van der Waals surface area (Å²) >= 11 is 5.94. The van der Waals surface area contributed by atoms with E-state index in [1.165, 1.54) is 0 Å². The molecule has 0 bridgehead atoms. The molecule has 0 radical (unpaired) electrons. The number of halogens is 1. The van der Waals surface area contributed by atoms with Crippen molar-refractivity contribution < 1.29 is 13.9 Å². The van der Waals surface area contributed by atoms with Gasteiger partial charge in [0.2, 0.25) is 0 Å². The molecule has 0 atom stereocenters. The molecule has 1 N–H and O–H groups in total. The molecule has 4 rings (SSSR count). The van der Waals surface area contributed by atoms with Crippen LogP contribution < -0.4 is 10.3 Å². The summed E-state index contributed by atoms with van der Waals surface area (Å²) in [4.78, 5) is 14.5. The van der Waals surface area contributed by atoms with Gasteiger partial charge in [-0.2, -0.15) is 5.10 Å². The minimum atomic E-state index is -0.413. The number of amides is 1. The molecule has 2 heterocycles. The van der Waals surface area contributed by atoms with Crippen LogP contribution in [0, 0.1) is 0 Å². The van der Waals surface area contributed by atoms with E-state index < -0.39 is 5.91 Å². The molecule has 3 aromatic rings. The number of hydrogen-bond donors (Lipinski definition) is 1. The van der Waals surface area contributed by atoms with Crippen molar-refractivity contribution in [3.05, 3.63) is 64.9 Å². The quantitative estimate of drug-likeness (QED) is 0.551. The molecule has 1 aliphatic heterocycles. The van der Waals surface area contributed by atoms with Crippen LogP contribution in [0.15, 0.2) is 58.0 Å². The third kappa shape index (κ3) is 4.13. The highest BCUT2D eigenvalue weighted by Crippen LogP contribution is 2.23. The van der Waals surface area contributed by atoms with Crippen LogP contribution in [-0.2, 0) is 4.74 Å². The van der Waals surface area contributed by atoms with Gasteiger partial charge in [0, 0.05) is 29.2 Å². The lowest BCUT2D eigenvalue weighted by atomic mass is 10.2. The van der Waals surface area contributed by atoms with E-state index in [-0.39, 0.29) is 5.76 Å². The second-order valence-corrected chi connectivity index (χ2v) is 6.62. The van der Waals surface area contributed by atoms with E-state index in [0.717, 1.165) is 42.9 Å². The Kier molecular flexibility index (Phi) is 5.09. The highest BCUT2D eigenvalue weighted by molar-refractivity contribution is 6.31. The van der Waals surface area contributed by atoms with Gasteiger partial charge in [-0.25, -0.2) is 5.43 Å². The zero-order valence-corrected chi connectivity index (χ0v) is 15.3. The number of benzene rings is 2. The van der Waals surface area contributed by atoms with Crippen LogP contribution in [0.4, 0.5) is 5.69 Å². The Balaban J connectivity index is 1.38. The van der Waals surface area contributed by atoms with Crippen LogP contribution in [0.2, 0.25) is 5.02 Å². The van der Waals surface area contributed by atoms with Crippen LogP contribution in [-0.4, -0.2) is 38.4 Å². The monoisotopic (exact) mass is 383 g/mol. The van der Waals surface area contributed by atoms with E-state index in [9.17, 15) is 4.79 Å². The SMILES string of the molecule is O=C(N/N=C/c1ccc(N2CCOCC2)cc1)c1cc2cc(Cl)ccc2o1. The summed E-state index contributed by atoms with van der Waals surface area (Å²) in [6.07, 6.45) is 1.60. The summed E-state index contributed by atoms with van der Waals surface area (Å²) in [5, 5.41) is 5.37. The number of hydrazone groups is 1. The van der Waals surface area contributed by atoms with E-state index in [1.54, 1.807) is 30.5 Å². The maximum Gasteiger partial charge on any atom is 0.307 e. The molecular weight excluding hydrogens is 366 g/mol. The second kappa shape index (κ2) is 7.82. The summed E-state index contributed by atoms with van der Waals surface area (Å²) in [5.41, 5.74) is 5.13. The average molecular weight is 384 g/mol. The van der Waals surface area contributed by atoms with E-state index >= 15 is 0 Å². The normalized spacial score (nSPS) is 14.8. The van der Waals surface area contributed by atoms with Crippen LogP contribution in [0.5, 0.6) is 0 Å². The van der Waals surface area contributed by atoms with Gasteiger partial charge in [0.05, 0.1) is 19.4 Å². The van der Waals surface area contributed by atoms with E-state index in [4.69, 9.17) is 20.8 Å². The Morgan fingerprint density at radius 1 is 1.11 bits per heavy atom. The molecule has 6 nitrogen and oxygen atoms in total. The number of nitrogens with one attached hydrogen (secondary N) is 1. The van der Waals surface area contributed by atoms with Crippen LogP contribution in [0.1, 0.15) is 16.1 Å². The van der Waals surface area contributed by atoms with Gasteiger partial charge in [-0.15, -0.1) is 0 Å². The Hall–Kier alpha value is -2.83. The Labute approximate surface area is 161 Å². The molecule has 0 saturated carbocycles. The van der Waals surface area contributed by atoms with Gasteiger partial charge in [-0.05, 0) is 42.0 Å². The highest BCUT2D eigenvalue weighted by atomic mass is 35.5. The number of anilines is 1. The van der Waals surface area contributed by atoms with Crippen LogP contribution in [0.25, 0.3) is 11.0 Å². The second-order valence-electron chi connectivity index (χ2n) is 6.18. The molecule has 0 unspecified atom stereocenters. The van der Waals surface area contributed by atoms with Crippen molar-refractivity contribution in [3.8, 4) is 0 Å². The van der Waals surface area contributed by atoms with Crippen molar-refractivity contribution in [2.45, 2.75) is 0 Å². The molecule has 0 spiro atoms. The highest BCUT2D eigenvalue weighted by Gasteiger charge is 2.12. The molecule has 138 valence electrons. The number of carbonyl (C=O) groups excluding carboxylic acids is 1. The number of hydrogen-bond acceptors (Lipinski definition) is 5. The molecule has 2 aromatic carbocycles. The summed E-state index contributed by atoms with van der Waals surface area (Å²) in [6, 6.07) is 14.8. The minimum absolute atomic E-state index is 0.187. The van der Waals surface area contributed by atoms with Gasteiger partial charge in [-0.1, -0.05) is 23.7 Å². The fourth-order valence-electron chi connectivity index (χ4n) is 2.94. The molecule has 1 saturated heterocycles. The standard InChI is InChI=1S/C20H18ClN3O3/c21-16-3-6-18-15(11-16)12-19(27-18)20(25)23-22-13-14-1-4-17(5-2-14)24-7-9-26-10-8-24/h1-6,11-13H,7-10H2,(H,23,25)/b22-13+. The van der Waals surface area contributed by atoms with E-state index in [0.29, 0.717) is 10.6 Å². The number of carbonyl (C=O) groups is 1. The van der Waals surface area contributed by atoms with Crippen molar-refractivity contribution in [2.75, 3.05) is 31.2 Å².